The minimum absolute atomic E-state index is 0.232. The zero-order valence-electron chi connectivity index (χ0n) is 23.1. The topological polar surface area (TPSA) is 30.0 Å². The summed E-state index contributed by atoms with van der Waals surface area (Å²) in [6.07, 6.45) is 15.8. The van der Waals surface area contributed by atoms with Crippen LogP contribution in [0.25, 0.3) is 0 Å². The highest BCUT2D eigenvalue weighted by atomic mass is 19.4. The first-order chi connectivity index (χ1) is 17.5. The number of unbranched alkanes of at least 4 members (excludes halogenated alkanes) is 1. The molecule has 2 saturated carbocycles. The highest BCUT2D eigenvalue weighted by Crippen LogP contribution is 2.58. The maximum absolute atomic E-state index is 13.8. The number of fused-ring (bicyclic) bond motifs is 1. The van der Waals surface area contributed by atoms with Gasteiger partial charge in [0.25, 0.3) is 0 Å². The van der Waals surface area contributed by atoms with E-state index in [2.05, 4.69) is 37.9 Å². The lowest BCUT2D eigenvalue weighted by Gasteiger charge is -2.33. The van der Waals surface area contributed by atoms with Crippen molar-refractivity contribution in [3.8, 4) is 0 Å². The van der Waals surface area contributed by atoms with Crippen LogP contribution in [0.5, 0.6) is 0 Å². The van der Waals surface area contributed by atoms with E-state index in [0.717, 1.165) is 69.2 Å². The summed E-state index contributed by atoms with van der Waals surface area (Å²) >= 11 is 0. The monoisotopic (exact) mass is 517 g/mol. The highest BCUT2D eigenvalue weighted by molar-refractivity contribution is 5.86. The molecule has 1 aromatic rings. The van der Waals surface area contributed by atoms with E-state index in [1.54, 1.807) is 0 Å². The smallest absolute Gasteiger partial charge is 0.299 e. The number of carbonyl (C=O) groups is 1. The van der Waals surface area contributed by atoms with E-state index >= 15 is 0 Å². The molecular formula is C32H46F3NO. The highest BCUT2D eigenvalue weighted by Gasteiger charge is 2.53. The first-order valence-electron chi connectivity index (χ1n) is 14.8. The van der Waals surface area contributed by atoms with Gasteiger partial charge in [0.05, 0.1) is 5.56 Å². The van der Waals surface area contributed by atoms with E-state index in [-0.39, 0.29) is 5.41 Å². The van der Waals surface area contributed by atoms with Crippen LogP contribution in [0.2, 0.25) is 0 Å². The normalized spacial score (nSPS) is 29.3. The average molecular weight is 518 g/mol. The Morgan fingerprint density at radius 3 is 2.70 bits per heavy atom. The van der Waals surface area contributed by atoms with E-state index in [0.29, 0.717) is 47.9 Å². The van der Waals surface area contributed by atoms with E-state index in [4.69, 9.17) is 0 Å². The Hall–Kier alpha value is -1.65. The van der Waals surface area contributed by atoms with E-state index in [9.17, 15) is 18.0 Å². The number of hydrogen-bond donors (Lipinski definition) is 0. The summed E-state index contributed by atoms with van der Waals surface area (Å²) in [7, 11) is 0. The standard InChI is InChI=1S/C32H46F3NO/c1-4-5-12-28-24(20-27(22-36-28)32(33,34)35)14-16-29(37)31-18-9-11-26(31)19-23(21-31)13-15-25-10-7-6-8-17-30(25,2)3/h6,8,20,22-23,25-26H,4-5,7,9-19,21H2,1-3H3/t23-,25-,26-,31-/m1/s1. The molecule has 4 atom stereocenters. The number of Topliss-reactive ketones (excluding diaryl/α,β-unsaturated/α-hetero) is 1. The lowest BCUT2D eigenvalue weighted by Crippen LogP contribution is -2.31. The van der Waals surface area contributed by atoms with Crippen molar-refractivity contribution in [3.63, 3.8) is 0 Å². The summed E-state index contributed by atoms with van der Waals surface area (Å²) in [6.45, 7) is 6.87. The second kappa shape index (κ2) is 11.6. The summed E-state index contributed by atoms with van der Waals surface area (Å²) in [5.74, 6) is 2.10. The molecule has 37 heavy (non-hydrogen) atoms. The first kappa shape index (κ1) is 28.4. The third-order valence-corrected chi connectivity index (χ3v) is 10.1. The van der Waals surface area contributed by atoms with Crippen LogP contribution in [0.15, 0.2) is 24.4 Å². The Balaban J connectivity index is 1.41. The fraction of sp³-hybridized carbons (Fsp3) is 0.750. The predicted octanol–water partition coefficient (Wildman–Crippen LogP) is 9.30. The fourth-order valence-electron chi connectivity index (χ4n) is 7.77. The number of pyridine rings is 1. The van der Waals surface area contributed by atoms with Gasteiger partial charge in [-0.3, -0.25) is 9.78 Å². The fourth-order valence-corrected chi connectivity index (χ4v) is 7.77. The number of carbonyl (C=O) groups excluding carboxylic acids is 1. The third kappa shape index (κ3) is 6.50. The SMILES string of the molecule is CCCCc1ncc(C(F)(F)F)cc1CCC(=O)[C@@]12CCC[C@@H]1C[C@@H](CC[C@H]1CCC=CCC1(C)C)C2. The average Bonchev–Trinajstić information content (AvgIpc) is 3.35. The molecule has 3 aliphatic rings. The lowest BCUT2D eigenvalue weighted by molar-refractivity contribution is -0.137. The van der Waals surface area contributed by atoms with Crippen LogP contribution < -0.4 is 0 Å². The molecule has 3 aliphatic carbocycles. The van der Waals surface area contributed by atoms with Crippen molar-refractivity contribution >= 4 is 5.78 Å². The van der Waals surface area contributed by atoms with Crippen molar-refractivity contribution in [2.24, 2.45) is 28.6 Å². The number of halogens is 3. The van der Waals surface area contributed by atoms with Gasteiger partial charge in [0.1, 0.15) is 5.78 Å². The molecule has 2 nitrogen and oxygen atoms in total. The minimum Gasteiger partial charge on any atom is -0.299 e. The van der Waals surface area contributed by atoms with Crippen molar-refractivity contribution in [2.45, 2.75) is 123 Å². The van der Waals surface area contributed by atoms with Gasteiger partial charge in [-0.2, -0.15) is 13.2 Å². The maximum atomic E-state index is 13.8. The largest absolute Gasteiger partial charge is 0.417 e. The van der Waals surface area contributed by atoms with Crippen LogP contribution in [-0.2, 0) is 23.8 Å². The number of aryl methyl sites for hydroxylation is 2. The molecular weight excluding hydrogens is 471 g/mol. The number of alkyl halides is 3. The molecule has 0 spiro atoms. The van der Waals surface area contributed by atoms with Crippen molar-refractivity contribution < 1.29 is 18.0 Å². The van der Waals surface area contributed by atoms with Crippen LogP contribution in [0.1, 0.15) is 121 Å². The summed E-state index contributed by atoms with van der Waals surface area (Å²) in [4.78, 5) is 18.0. The molecule has 1 heterocycles. The molecule has 5 heteroatoms. The second-order valence-corrected chi connectivity index (χ2v) is 12.9. The van der Waals surface area contributed by atoms with Gasteiger partial charge in [-0.15, -0.1) is 0 Å². The van der Waals surface area contributed by atoms with Crippen molar-refractivity contribution in [2.75, 3.05) is 0 Å². The number of rotatable bonds is 10. The van der Waals surface area contributed by atoms with E-state index in [1.165, 1.54) is 31.7 Å². The maximum Gasteiger partial charge on any atom is 0.417 e. The summed E-state index contributed by atoms with van der Waals surface area (Å²) in [5, 5.41) is 0. The lowest BCUT2D eigenvalue weighted by atomic mass is 9.71. The molecule has 1 aromatic heterocycles. The third-order valence-electron chi connectivity index (χ3n) is 10.1. The van der Waals surface area contributed by atoms with Gasteiger partial charge in [-0.1, -0.05) is 52.2 Å². The number of hydrogen-bond acceptors (Lipinski definition) is 2. The van der Waals surface area contributed by atoms with Gasteiger partial charge in [-0.05, 0) is 105 Å². The molecule has 0 bridgehead atoms. The quantitative estimate of drug-likeness (QED) is 0.289. The molecule has 2 fully saturated rings. The van der Waals surface area contributed by atoms with Gasteiger partial charge in [0.15, 0.2) is 0 Å². The Kier molecular flexibility index (Phi) is 8.90. The molecule has 0 aromatic carbocycles. The first-order valence-corrected chi connectivity index (χ1v) is 14.8. The Morgan fingerprint density at radius 2 is 1.95 bits per heavy atom. The van der Waals surface area contributed by atoms with Gasteiger partial charge < -0.3 is 0 Å². The number of allylic oxidation sites excluding steroid dienone is 2. The Labute approximate surface area is 221 Å². The van der Waals surface area contributed by atoms with Crippen molar-refractivity contribution in [3.05, 3.63) is 41.2 Å². The van der Waals surface area contributed by atoms with Crippen molar-refractivity contribution in [1.29, 1.82) is 0 Å². The molecule has 0 N–H and O–H groups in total. The number of aromatic nitrogens is 1. The van der Waals surface area contributed by atoms with Gasteiger partial charge >= 0.3 is 6.18 Å². The molecule has 4 rings (SSSR count). The zero-order chi connectivity index (χ0) is 26.7. The summed E-state index contributed by atoms with van der Waals surface area (Å²) in [6, 6.07) is 1.25. The summed E-state index contributed by atoms with van der Waals surface area (Å²) in [5.41, 5.74) is 0.742. The van der Waals surface area contributed by atoms with Crippen LogP contribution >= 0.6 is 0 Å². The predicted molar refractivity (Wildman–Crippen MR) is 143 cm³/mol. The molecule has 0 unspecified atom stereocenters. The van der Waals surface area contributed by atoms with E-state index in [1.807, 2.05) is 0 Å². The molecule has 0 aliphatic heterocycles. The Bertz CT molecular complexity index is 965. The van der Waals surface area contributed by atoms with Crippen LogP contribution in [0.3, 0.4) is 0 Å². The van der Waals surface area contributed by atoms with Gasteiger partial charge in [-0.25, -0.2) is 0 Å². The van der Waals surface area contributed by atoms with Crippen LogP contribution in [-0.4, -0.2) is 10.8 Å². The summed E-state index contributed by atoms with van der Waals surface area (Å²) < 4.78 is 40.1. The molecule has 0 amide bonds. The number of nitrogens with zero attached hydrogens (tertiary/aromatic N) is 1. The van der Waals surface area contributed by atoms with Crippen molar-refractivity contribution in [1.82, 2.24) is 4.98 Å². The van der Waals surface area contributed by atoms with Gasteiger partial charge in [0.2, 0.25) is 0 Å². The number of ketones is 1. The van der Waals surface area contributed by atoms with Gasteiger partial charge in [0, 0.05) is 23.7 Å². The van der Waals surface area contributed by atoms with Crippen LogP contribution in [0.4, 0.5) is 13.2 Å². The second-order valence-electron chi connectivity index (χ2n) is 12.9. The van der Waals surface area contributed by atoms with E-state index < -0.39 is 11.7 Å². The Morgan fingerprint density at radius 1 is 1.14 bits per heavy atom. The minimum atomic E-state index is -4.41. The van der Waals surface area contributed by atoms with Crippen LogP contribution in [0, 0.1) is 28.6 Å². The zero-order valence-corrected chi connectivity index (χ0v) is 23.1. The molecule has 0 saturated heterocycles. The molecule has 0 radical (unpaired) electrons. The molecule has 206 valence electrons.